The minimum Gasteiger partial charge on any atom is -0.379 e. The van der Waals surface area contributed by atoms with Gasteiger partial charge in [-0.25, -0.2) is 0 Å². The molecule has 0 aliphatic carbocycles. The number of amides is 3. The van der Waals surface area contributed by atoms with Gasteiger partial charge < -0.3 is 15.4 Å². The molecule has 0 spiro atoms. The van der Waals surface area contributed by atoms with Crippen LogP contribution in [0.25, 0.3) is 0 Å². The third kappa shape index (κ3) is 9.89. The monoisotopic (exact) mass is 423 g/mol. The second kappa shape index (κ2) is 13.8. The molecule has 1 atom stereocenters. The first kappa shape index (κ1) is 25.6. The third-order valence-corrected chi connectivity index (χ3v) is 4.66. The van der Waals surface area contributed by atoms with Crippen molar-refractivity contribution in [3.8, 4) is 0 Å². The van der Waals surface area contributed by atoms with Crippen LogP contribution < -0.4 is 10.6 Å². The zero-order chi connectivity index (χ0) is 22.5. The highest BCUT2D eigenvalue weighted by molar-refractivity contribution is 6.13. The summed E-state index contributed by atoms with van der Waals surface area (Å²) in [7, 11) is 0. The maximum atomic E-state index is 11.9. The predicted octanol–water partition coefficient (Wildman–Crippen LogP) is 0.377. The molecule has 1 aliphatic heterocycles. The van der Waals surface area contributed by atoms with Crippen molar-refractivity contribution in [1.29, 1.82) is 0 Å². The summed E-state index contributed by atoms with van der Waals surface area (Å²) in [4.78, 5) is 58.8. The normalized spacial score (nSPS) is 14.5. The van der Waals surface area contributed by atoms with E-state index in [0.717, 1.165) is 4.90 Å². The first-order valence-corrected chi connectivity index (χ1v) is 10.4. The molecule has 0 radical (unpaired) electrons. The molecule has 0 saturated carbocycles. The van der Waals surface area contributed by atoms with Crippen molar-refractivity contribution in [2.24, 2.45) is 5.92 Å². The number of Topliss-reactive ketones (excluding diaryl/α,β-unsaturated/α-hetero) is 2. The molecule has 2 N–H and O–H groups in total. The fourth-order valence-electron chi connectivity index (χ4n) is 3.02. The van der Waals surface area contributed by atoms with Gasteiger partial charge in [0.05, 0.1) is 19.3 Å². The quantitative estimate of drug-likeness (QED) is 0.272. The average Bonchev–Trinajstić information content (AvgIpc) is 2.99. The minimum absolute atomic E-state index is 0.0347. The first-order chi connectivity index (χ1) is 14.2. The van der Waals surface area contributed by atoms with Crippen LogP contribution in [0.5, 0.6) is 0 Å². The Morgan fingerprint density at radius 2 is 1.67 bits per heavy atom. The predicted molar refractivity (Wildman–Crippen MR) is 110 cm³/mol. The van der Waals surface area contributed by atoms with E-state index in [0.29, 0.717) is 32.4 Å². The van der Waals surface area contributed by atoms with Crippen molar-refractivity contribution in [2.75, 3.05) is 32.8 Å². The van der Waals surface area contributed by atoms with Crippen LogP contribution in [0, 0.1) is 5.92 Å². The number of ether oxygens (including phenoxy) is 1. The van der Waals surface area contributed by atoms with Crippen LogP contribution in [0.3, 0.4) is 0 Å². The SMILES string of the molecule is CC(=O)[C@@H](NCCCC(=O)CCOCCNC(=O)CCN1C(=O)C=CC1=O)C(C)C. The van der Waals surface area contributed by atoms with Crippen LogP contribution in [0.1, 0.15) is 46.5 Å². The van der Waals surface area contributed by atoms with Gasteiger partial charge in [0.25, 0.3) is 11.8 Å². The molecule has 9 nitrogen and oxygen atoms in total. The van der Waals surface area contributed by atoms with E-state index in [1.807, 2.05) is 13.8 Å². The Bertz CT molecular complexity index is 641. The van der Waals surface area contributed by atoms with Gasteiger partial charge in [-0.05, 0) is 25.8 Å². The van der Waals surface area contributed by atoms with Crippen LogP contribution in [-0.2, 0) is 28.7 Å². The summed E-state index contributed by atoms with van der Waals surface area (Å²) >= 11 is 0. The Morgan fingerprint density at radius 3 is 2.27 bits per heavy atom. The van der Waals surface area contributed by atoms with Gasteiger partial charge in [0.15, 0.2) is 0 Å². The second-order valence-electron chi connectivity index (χ2n) is 7.55. The molecule has 0 unspecified atom stereocenters. The van der Waals surface area contributed by atoms with Gasteiger partial charge in [0, 0.05) is 44.5 Å². The standard InChI is InChI=1S/C21H33N3O6/c1-15(2)21(16(3)25)23-10-4-5-17(26)9-13-30-14-11-22-18(27)8-12-24-19(28)6-7-20(24)29/h6-7,15,21,23H,4-5,8-14H2,1-3H3,(H,22,27)/t21-/m0/s1. The van der Waals surface area contributed by atoms with Crippen molar-refractivity contribution < 1.29 is 28.7 Å². The molecule has 0 fully saturated rings. The fraction of sp³-hybridized carbons (Fsp3) is 0.667. The van der Waals surface area contributed by atoms with Gasteiger partial charge in [-0.1, -0.05) is 13.8 Å². The highest BCUT2D eigenvalue weighted by Gasteiger charge is 2.23. The Morgan fingerprint density at radius 1 is 1.00 bits per heavy atom. The summed E-state index contributed by atoms with van der Waals surface area (Å²) in [6.07, 6.45) is 3.80. The smallest absolute Gasteiger partial charge is 0.253 e. The molecule has 0 aromatic heterocycles. The van der Waals surface area contributed by atoms with E-state index in [9.17, 15) is 24.0 Å². The Kier molecular flexibility index (Phi) is 11.8. The molecular weight excluding hydrogens is 390 g/mol. The molecule has 0 aromatic rings. The van der Waals surface area contributed by atoms with E-state index in [-0.39, 0.29) is 55.6 Å². The zero-order valence-electron chi connectivity index (χ0n) is 18.1. The number of carbonyl (C=O) groups is 5. The number of carbonyl (C=O) groups excluding carboxylic acids is 5. The minimum atomic E-state index is -0.407. The lowest BCUT2D eigenvalue weighted by molar-refractivity contribution is -0.137. The van der Waals surface area contributed by atoms with Gasteiger partial charge >= 0.3 is 0 Å². The highest BCUT2D eigenvalue weighted by atomic mass is 16.5. The Balaban J connectivity index is 1.99. The Hall–Kier alpha value is -2.39. The number of hydrogen-bond acceptors (Lipinski definition) is 7. The molecule has 0 bridgehead atoms. The van der Waals surface area contributed by atoms with E-state index < -0.39 is 11.8 Å². The van der Waals surface area contributed by atoms with Crippen molar-refractivity contribution in [2.45, 2.75) is 52.5 Å². The molecule has 168 valence electrons. The largest absolute Gasteiger partial charge is 0.379 e. The molecule has 3 amide bonds. The molecule has 1 rings (SSSR count). The molecular formula is C21H33N3O6. The number of ketones is 2. The fourth-order valence-corrected chi connectivity index (χ4v) is 3.02. The zero-order valence-corrected chi connectivity index (χ0v) is 18.1. The topological polar surface area (TPSA) is 122 Å². The lowest BCUT2D eigenvalue weighted by Crippen LogP contribution is -2.40. The van der Waals surface area contributed by atoms with Crippen molar-refractivity contribution in [3.63, 3.8) is 0 Å². The van der Waals surface area contributed by atoms with Crippen LogP contribution >= 0.6 is 0 Å². The lowest BCUT2D eigenvalue weighted by Gasteiger charge is -2.19. The number of nitrogens with zero attached hydrogens (tertiary/aromatic N) is 1. The summed E-state index contributed by atoms with van der Waals surface area (Å²) < 4.78 is 5.35. The van der Waals surface area contributed by atoms with E-state index in [1.54, 1.807) is 6.92 Å². The number of hydrogen-bond donors (Lipinski definition) is 2. The summed E-state index contributed by atoms with van der Waals surface area (Å²) in [5.74, 6) is -0.676. The van der Waals surface area contributed by atoms with Crippen LogP contribution in [0.4, 0.5) is 0 Å². The van der Waals surface area contributed by atoms with Crippen molar-refractivity contribution >= 4 is 29.3 Å². The summed E-state index contributed by atoms with van der Waals surface area (Å²) in [5, 5.41) is 5.83. The van der Waals surface area contributed by atoms with Crippen molar-refractivity contribution in [1.82, 2.24) is 15.5 Å². The van der Waals surface area contributed by atoms with E-state index in [1.165, 1.54) is 12.2 Å². The third-order valence-electron chi connectivity index (χ3n) is 4.66. The van der Waals surface area contributed by atoms with Crippen LogP contribution in [-0.4, -0.2) is 73.1 Å². The van der Waals surface area contributed by atoms with Gasteiger partial charge in [-0.15, -0.1) is 0 Å². The van der Waals surface area contributed by atoms with Gasteiger partial charge in [0.2, 0.25) is 5.91 Å². The van der Waals surface area contributed by atoms with Gasteiger partial charge in [-0.2, -0.15) is 0 Å². The van der Waals surface area contributed by atoms with E-state index in [2.05, 4.69) is 10.6 Å². The van der Waals surface area contributed by atoms with Crippen LogP contribution in [0.15, 0.2) is 12.2 Å². The molecule has 1 aliphatic rings. The number of rotatable bonds is 16. The summed E-state index contributed by atoms with van der Waals surface area (Å²) in [6, 6.07) is -0.174. The number of imide groups is 1. The van der Waals surface area contributed by atoms with Gasteiger partial charge in [-0.3, -0.25) is 28.9 Å². The summed E-state index contributed by atoms with van der Waals surface area (Å²) in [6.45, 7) is 7.05. The second-order valence-corrected chi connectivity index (χ2v) is 7.55. The molecule has 9 heteroatoms. The average molecular weight is 424 g/mol. The van der Waals surface area contributed by atoms with E-state index in [4.69, 9.17) is 4.74 Å². The molecule has 30 heavy (non-hydrogen) atoms. The van der Waals surface area contributed by atoms with Crippen LogP contribution in [0.2, 0.25) is 0 Å². The maximum Gasteiger partial charge on any atom is 0.253 e. The molecule has 1 heterocycles. The van der Waals surface area contributed by atoms with Gasteiger partial charge in [0.1, 0.15) is 11.6 Å². The van der Waals surface area contributed by atoms with E-state index >= 15 is 0 Å². The molecule has 0 aromatic carbocycles. The summed E-state index contributed by atoms with van der Waals surface area (Å²) in [5.41, 5.74) is 0. The highest BCUT2D eigenvalue weighted by Crippen LogP contribution is 2.04. The molecule has 0 saturated heterocycles. The lowest BCUT2D eigenvalue weighted by atomic mass is 10.0. The number of nitrogens with one attached hydrogen (secondary N) is 2. The Labute approximate surface area is 177 Å². The first-order valence-electron chi connectivity index (χ1n) is 10.4. The maximum absolute atomic E-state index is 11.9. The van der Waals surface area contributed by atoms with Crippen molar-refractivity contribution in [3.05, 3.63) is 12.2 Å².